The van der Waals surface area contributed by atoms with E-state index in [9.17, 15) is 0 Å². The standard InChI is InChI=1S/C9H5Cl3O2/c10-6-2-7(11)9-5(8(6)12)1-4(3-13)14-9/h1-2,13H,3H2. The van der Waals surface area contributed by atoms with Gasteiger partial charge in [-0.2, -0.15) is 0 Å². The monoisotopic (exact) mass is 250 g/mol. The van der Waals surface area contributed by atoms with Gasteiger partial charge in [0.1, 0.15) is 12.4 Å². The molecule has 0 saturated carbocycles. The molecule has 0 atom stereocenters. The third-order valence-electron chi connectivity index (χ3n) is 1.86. The number of halogens is 3. The Kier molecular flexibility index (Phi) is 2.62. The maximum absolute atomic E-state index is 8.88. The van der Waals surface area contributed by atoms with Gasteiger partial charge in [0.25, 0.3) is 0 Å². The lowest BCUT2D eigenvalue weighted by atomic mass is 10.2. The molecular weight excluding hydrogens is 246 g/mol. The molecular formula is C9H5Cl3O2. The average Bonchev–Trinajstić information content (AvgIpc) is 2.58. The van der Waals surface area contributed by atoms with E-state index in [4.69, 9.17) is 44.3 Å². The van der Waals surface area contributed by atoms with Crippen LogP contribution in [0.1, 0.15) is 5.76 Å². The number of hydrogen-bond acceptors (Lipinski definition) is 2. The molecule has 74 valence electrons. The minimum atomic E-state index is -0.195. The molecule has 0 bridgehead atoms. The van der Waals surface area contributed by atoms with Crippen molar-refractivity contribution >= 4 is 45.8 Å². The fourth-order valence-electron chi connectivity index (χ4n) is 1.23. The molecule has 0 aliphatic carbocycles. The van der Waals surface area contributed by atoms with E-state index in [0.29, 0.717) is 31.8 Å². The van der Waals surface area contributed by atoms with E-state index in [1.807, 2.05) is 0 Å². The largest absolute Gasteiger partial charge is 0.457 e. The first-order chi connectivity index (χ1) is 6.63. The maximum atomic E-state index is 8.88. The summed E-state index contributed by atoms with van der Waals surface area (Å²) in [5.41, 5.74) is 0.449. The fraction of sp³-hybridized carbons (Fsp3) is 0.111. The lowest BCUT2D eigenvalue weighted by molar-refractivity contribution is 0.251. The molecule has 1 heterocycles. The van der Waals surface area contributed by atoms with Crippen LogP contribution < -0.4 is 0 Å². The maximum Gasteiger partial charge on any atom is 0.154 e. The predicted octanol–water partition coefficient (Wildman–Crippen LogP) is 3.89. The van der Waals surface area contributed by atoms with Gasteiger partial charge in [-0.15, -0.1) is 0 Å². The highest BCUT2D eigenvalue weighted by Gasteiger charge is 2.13. The van der Waals surface area contributed by atoms with E-state index in [-0.39, 0.29) is 6.61 Å². The van der Waals surface area contributed by atoms with E-state index in [2.05, 4.69) is 0 Å². The first-order valence-corrected chi connectivity index (χ1v) is 4.93. The van der Waals surface area contributed by atoms with Gasteiger partial charge in [0.05, 0.1) is 15.1 Å². The van der Waals surface area contributed by atoms with Crippen molar-refractivity contribution in [1.82, 2.24) is 0 Å². The second kappa shape index (κ2) is 3.63. The molecule has 14 heavy (non-hydrogen) atoms. The smallest absolute Gasteiger partial charge is 0.154 e. The van der Waals surface area contributed by atoms with Crippen molar-refractivity contribution in [2.45, 2.75) is 6.61 Å². The van der Waals surface area contributed by atoms with Crippen LogP contribution in [0.2, 0.25) is 15.1 Å². The predicted molar refractivity (Wildman–Crippen MR) is 57.2 cm³/mol. The van der Waals surface area contributed by atoms with Crippen LogP contribution in [0.3, 0.4) is 0 Å². The summed E-state index contributed by atoms with van der Waals surface area (Å²) in [5, 5.41) is 10.6. The number of hydrogen-bond donors (Lipinski definition) is 1. The van der Waals surface area contributed by atoms with Crippen LogP contribution in [-0.2, 0) is 6.61 Å². The van der Waals surface area contributed by atoms with Gasteiger partial charge >= 0.3 is 0 Å². The molecule has 0 unspecified atom stereocenters. The summed E-state index contributed by atoms with van der Waals surface area (Å²) in [6.45, 7) is -0.195. The van der Waals surface area contributed by atoms with Crippen LogP contribution in [0.15, 0.2) is 16.5 Å². The van der Waals surface area contributed by atoms with Crippen LogP contribution in [0, 0.1) is 0 Å². The van der Waals surface area contributed by atoms with Crippen molar-refractivity contribution in [3.05, 3.63) is 33.0 Å². The average molecular weight is 251 g/mol. The molecule has 2 rings (SSSR count). The number of aliphatic hydroxyl groups is 1. The summed E-state index contributed by atoms with van der Waals surface area (Å²) < 4.78 is 5.26. The summed E-state index contributed by atoms with van der Waals surface area (Å²) in [6, 6.07) is 3.13. The number of fused-ring (bicyclic) bond motifs is 1. The summed E-state index contributed by atoms with van der Waals surface area (Å²) in [6.07, 6.45) is 0. The van der Waals surface area contributed by atoms with Gasteiger partial charge in [-0.3, -0.25) is 0 Å². The van der Waals surface area contributed by atoms with Crippen LogP contribution in [-0.4, -0.2) is 5.11 Å². The van der Waals surface area contributed by atoms with E-state index in [1.54, 1.807) is 6.07 Å². The molecule has 5 heteroatoms. The quantitative estimate of drug-likeness (QED) is 0.780. The van der Waals surface area contributed by atoms with Crippen molar-refractivity contribution in [3.8, 4) is 0 Å². The lowest BCUT2D eigenvalue weighted by Crippen LogP contribution is -1.72. The Bertz CT molecular complexity index is 490. The van der Waals surface area contributed by atoms with Gasteiger partial charge in [-0.25, -0.2) is 0 Å². The van der Waals surface area contributed by atoms with Gasteiger partial charge in [0, 0.05) is 5.39 Å². The second-order valence-electron chi connectivity index (χ2n) is 2.77. The van der Waals surface area contributed by atoms with Gasteiger partial charge in [0.2, 0.25) is 0 Å². The van der Waals surface area contributed by atoms with Crippen LogP contribution in [0.4, 0.5) is 0 Å². The molecule has 0 fully saturated rings. The molecule has 1 aromatic heterocycles. The zero-order chi connectivity index (χ0) is 10.3. The Labute approximate surface area is 95.0 Å². The Balaban J connectivity index is 2.84. The van der Waals surface area contributed by atoms with E-state index in [1.165, 1.54) is 6.07 Å². The van der Waals surface area contributed by atoms with Crippen molar-refractivity contribution in [2.24, 2.45) is 0 Å². The topological polar surface area (TPSA) is 33.4 Å². The minimum Gasteiger partial charge on any atom is -0.457 e. The van der Waals surface area contributed by atoms with E-state index >= 15 is 0 Å². The van der Waals surface area contributed by atoms with Crippen molar-refractivity contribution in [1.29, 1.82) is 0 Å². The normalized spacial score (nSPS) is 11.1. The molecule has 0 aliphatic rings. The first-order valence-electron chi connectivity index (χ1n) is 3.80. The summed E-state index contributed by atoms with van der Waals surface area (Å²) in [5.74, 6) is 0.408. The third-order valence-corrected chi connectivity index (χ3v) is 2.94. The van der Waals surface area contributed by atoms with Crippen LogP contribution in [0.25, 0.3) is 11.0 Å². The first kappa shape index (κ1) is 10.1. The third kappa shape index (κ3) is 1.48. The summed E-state index contributed by atoms with van der Waals surface area (Å²) in [7, 11) is 0. The van der Waals surface area contributed by atoms with Crippen molar-refractivity contribution < 1.29 is 9.52 Å². The Morgan fingerprint density at radius 1 is 1.14 bits per heavy atom. The SMILES string of the molecule is OCc1cc2c(Cl)c(Cl)cc(Cl)c2o1. The van der Waals surface area contributed by atoms with Crippen molar-refractivity contribution in [3.63, 3.8) is 0 Å². The van der Waals surface area contributed by atoms with E-state index < -0.39 is 0 Å². The summed E-state index contributed by atoms with van der Waals surface area (Å²) in [4.78, 5) is 0. The van der Waals surface area contributed by atoms with Gasteiger partial charge in [0.15, 0.2) is 5.58 Å². The molecule has 0 radical (unpaired) electrons. The molecule has 1 aromatic carbocycles. The number of rotatable bonds is 1. The zero-order valence-electron chi connectivity index (χ0n) is 6.85. The minimum absolute atomic E-state index is 0.195. The molecule has 0 amide bonds. The molecule has 2 aromatic rings. The van der Waals surface area contributed by atoms with Gasteiger partial charge < -0.3 is 9.52 Å². The highest BCUT2D eigenvalue weighted by molar-refractivity contribution is 6.47. The van der Waals surface area contributed by atoms with Crippen LogP contribution >= 0.6 is 34.8 Å². The van der Waals surface area contributed by atoms with Crippen molar-refractivity contribution in [2.75, 3.05) is 0 Å². The molecule has 0 saturated heterocycles. The highest BCUT2D eigenvalue weighted by atomic mass is 35.5. The summed E-state index contributed by atoms with van der Waals surface area (Å²) >= 11 is 17.6. The molecule has 2 nitrogen and oxygen atoms in total. The molecule has 0 aliphatic heterocycles. The van der Waals surface area contributed by atoms with Gasteiger partial charge in [-0.05, 0) is 12.1 Å². The second-order valence-corrected chi connectivity index (χ2v) is 3.96. The number of aliphatic hydroxyl groups excluding tert-OH is 1. The van der Waals surface area contributed by atoms with Crippen LogP contribution in [0.5, 0.6) is 0 Å². The Hall–Kier alpha value is -0.410. The zero-order valence-corrected chi connectivity index (χ0v) is 9.12. The number of furan rings is 1. The Morgan fingerprint density at radius 2 is 1.86 bits per heavy atom. The Morgan fingerprint density at radius 3 is 2.50 bits per heavy atom. The number of benzene rings is 1. The fourth-order valence-corrected chi connectivity index (χ4v) is 1.94. The van der Waals surface area contributed by atoms with E-state index in [0.717, 1.165) is 0 Å². The molecule has 1 N–H and O–H groups in total. The molecule has 0 spiro atoms. The van der Waals surface area contributed by atoms with Gasteiger partial charge in [-0.1, -0.05) is 34.8 Å². The highest BCUT2D eigenvalue weighted by Crippen LogP contribution is 2.37. The lowest BCUT2D eigenvalue weighted by Gasteiger charge is -1.97.